The standard InChI is InChI=1S/C35H40O11/c1-20-17-27(42-21(2)36)30(44-23(4)38)34(19-41-31(39)24-13-9-7-10-14-24)28(45-32(40)25-15-11-8-12-16-25)18-26-29(43-22(3)37)35(20,34)46-33(26,5)6/h7-16,20,26-30H,17-19H2,1-6H3. The van der Waals surface area contributed by atoms with Crippen molar-refractivity contribution < 1.29 is 52.4 Å². The summed E-state index contributed by atoms with van der Waals surface area (Å²) in [6.07, 6.45) is -4.19. The number of rotatable bonds is 8. The Labute approximate surface area is 267 Å². The van der Waals surface area contributed by atoms with Gasteiger partial charge in [-0.1, -0.05) is 43.3 Å². The summed E-state index contributed by atoms with van der Waals surface area (Å²) in [6, 6.07) is 16.7. The van der Waals surface area contributed by atoms with Gasteiger partial charge in [-0.05, 0) is 56.9 Å². The minimum atomic E-state index is -1.71. The molecule has 1 heterocycles. The molecule has 3 aliphatic rings. The Balaban J connectivity index is 1.76. The first-order valence-corrected chi connectivity index (χ1v) is 15.4. The Bertz CT molecular complexity index is 1490. The molecule has 2 saturated carbocycles. The van der Waals surface area contributed by atoms with Crippen LogP contribution in [0.3, 0.4) is 0 Å². The molecule has 11 heteroatoms. The first kappa shape index (κ1) is 33.1. The van der Waals surface area contributed by atoms with Gasteiger partial charge in [0.1, 0.15) is 35.9 Å². The van der Waals surface area contributed by atoms with Crippen molar-refractivity contribution in [1.29, 1.82) is 0 Å². The minimum Gasteiger partial charge on any atom is -0.461 e. The SMILES string of the molecule is CC(=O)OC1CC(C)C23OC(C)(C)C(CC(OC(=O)c4ccccc4)C2(COC(=O)c2ccccc2)C1OC(C)=O)C3OC(C)=O. The van der Waals surface area contributed by atoms with Gasteiger partial charge in [-0.2, -0.15) is 0 Å². The van der Waals surface area contributed by atoms with Crippen molar-refractivity contribution in [2.75, 3.05) is 6.61 Å². The van der Waals surface area contributed by atoms with Crippen molar-refractivity contribution in [3.63, 3.8) is 0 Å². The Kier molecular flexibility index (Phi) is 9.01. The van der Waals surface area contributed by atoms with Gasteiger partial charge in [0, 0.05) is 26.7 Å². The predicted molar refractivity (Wildman–Crippen MR) is 161 cm³/mol. The molecule has 8 atom stereocenters. The van der Waals surface area contributed by atoms with E-state index in [4.69, 9.17) is 28.4 Å². The average molecular weight is 637 g/mol. The fourth-order valence-electron chi connectivity index (χ4n) is 8.00. The minimum absolute atomic E-state index is 0.0887. The average Bonchev–Trinajstić information content (AvgIpc) is 3.16. The van der Waals surface area contributed by atoms with E-state index in [2.05, 4.69) is 0 Å². The third-order valence-electron chi connectivity index (χ3n) is 9.66. The lowest BCUT2D eigenvalue weighted by Crippen LogP contribution is -2.78. The molecule has 1 spiro atoms. The summed E-state index contributed by atoms with van der Waals surface area (Å²) in [6.45, 7) is 8.81. The lowest BCUT2D eigenvalue weighted by atomic mass is 9.47. The molecule has 11 nitrogen and oxygen atoms in total. The molecule has 2 aromatic rings. The van der Waals surface area contributed by atoms with E-state index in [0.717, 1.165) is 0 Å². The van der Waals surface area contributed by atoms with Gasteiger partial charge in [-0.25, -0.2) is 9.59 Å². The van der Waals surface area contributed by atoms with E-state index in [0.29, 0.717) is 0 Å². The van der Waals surface area contributed by atoms with E-state index in [1.165, 1.54) is 20.8 Å². The van der Waals surface area contributed by atoms with Crippen LogP contribution in [0.1, 0.15) is 75.1 Å². The van der Waals surface area contributed by atoms with Crippen LogP contribution in [0.4, 0.5) is 0 Å². The Morgan fingerprint density at radius 2 is 1.24 bits per heavy atom. The van der Waals surface area contributed by atoms with Gasteiger partial charge in [-0.15, -0.1) is 0 Å². The molecule has 1 saturated heterocycles. The highest BCUT2D eigenvalue weighted by molar-refractivity contribution is 5.90. The smallest absolute Gasteiger partial charge is 0.338 e. The number of carbonyl (C=O) groups is 5. The summed E-state index contributed by atoms with van der Waals surface area (Å²) < 4.78 is 37.3. The maximum Gasteiger partial charge on any atom is 0.338 e. The molecule has 246 valence electrons. The maximum absolute atomic E-state index is 13.8. The van der Waals surface area contributed by atoms with Crippen LogP contribution < -0.4 is 0 Å². The second-order valence-corrected chi connectivity index (χ2v) is 12.9. The van der Waals surface area contributed by atoms with E-state index >= 15 is 0 Å². The van der Waals surface area contributed by atoms with Gasteiger partial charge >= 0.3 is 29.8 Å². The second-order valence-electron chi connectivity index (χ2n) is 12.9. The number of hydrogen-bond donors (Lipinski definition) is 0. The molecule has 2 aliphatic carbocycles. The summed E-state index contributed by atoms with van der Waals surface area (Å²) in [4.78, 5) is 65.2. The summed E-state index contributed by atoms with van der Waals surface area (Å²) in [5, 5.41) is 0. The number of esters is 5. The van der Waals surface area contributed by atoms with E-state index in [1.54, 1.807) is 60.7 Å². The third kappa shape index (κ3) is 5.65. The third-order valence-corrected chi connectivity index (χ3v) is 9.66. The lowest BCUT2D eigenvalue weighted by molar-refractivity contribution is -0.318. The fourth-order valence-corrected chi connectivity index (χ4v) is 8.00. The second kappa shape index (κ2) is 12.5. The van der Waals surface area contributed by atoms with E-state index in [-0.39, 0.29) is 24.0 Å². The van der Waals surface area contributed by atoms with Crippen LogP contribution >= 0.6 is 0 Å². The van der Waals surface area contributed by atoms with Gasteiger partial charge in [0.05, 0.1) is 16.7 Å². The summed E-state index contributed by atoms with van der Waals surface area (Å²) >= 11 is 0. The molecule has 2 bridgehead atoms. The molecule has 3 fully saturated rings. The number of ether oxygens (including phenoxy) is 6. The molecule has 0 radical (unpaired) electrons. The Morgan fingerprint density at radius 1 is 0.717 bits per heavy atom. The number of hydrogen-bond acceptors (Lipinski definition) is 11. The molecular formula is C35H40O11. The zero-order valence-electron chi connectivity index (χ0n) is 26.8. The van der Waals surface area contributed by atoms with Gasteiger partial charge < -0.3 is 28.4 Å². The van der Waals surface area contributed by atoms with Crippen molar-refractivity contribution >= 4 is 29.8 Å². The molecule has 46 heavy (non-hydrogen) atoms. The van der Waals surface area contributed by atoms with Gasteiger partial charge in [-0.3, -0.25) is 14.4 Å². The fraction of sp³-hybridized carbons (Fsp3) is 0.514. The molecular weight excluding hydrogens is 596 g/mol. The Morgan fingerprint density at radius 3 is 1.78 bits per heavy atom. The zero-order chi connectivity index (χ0) is 33.4. The van der Waals surface area contributed by atoms with E-state index < -0.39 is 89.3 Å². The molecule has 1 aliphatic heterocycles. The number of fused-ring (bicyclic) bond motifs is 1. The van der Waals surface area contributed by atoms with Crippen molar-refractivity contribution in [2.24, 2.45) is 17.3 Å². The van der Waals surface area contributed by atoms with Crippen LogP contribution in [-0.2, 0) is 42.8 Å². The highest BCUT2D eigenvalue weighted by atomic mass is 16.6. The molecule has 5 rings (SSSR count). The van der Waals surface area contributed by atoms with Crippen LogP contribution in [0, 0.1) is 17.3 Å². The van der Waals surface area contributed by atoms with Crippen LogP contribution in [0.2, 0.25) is 0 Å². The number of carbonyl (C=O) groups excluding carboxylic acids is 5. The highest BCUT2D eigenvalue weighted by Gasteiger charge is 2.82. The summed E-state index contributed by atoms with van der Waals surface area (Å²) in [5.41, 5.74) is -3.65. The van der Waals surface area contributed by atoms with E-state index in [9.17, 15) is 24.0 Å². The number of benzene rings is 2. The summed E-state index contributed by atoms with van der Waals surface area (Å²) in [7, 11) is 0. The lowest BCUT2D eigenvalue weighted by Gasteiger charge is -2.63. The van der Waals surface area contributed by atoms with E-state index in [1.807, 2.05) is 20.8 Å². The van der Waals surface area contributed by atoms with Crippen molar-refractivity contribution in [3.8, 4) is 0 Å². The van der Waals surface area contributed by atoms with Crippen LogP contribution in [0.25, 0.3) is 0 Å². The zero-order valence-corrected chi connectivity index (χ0v) is 26.8. The molecule has 0 amide bonds. The Hall–Kier alpha value is -4.25. The molecule has 2 aromatic carbocycles. The van der Waals surface area contributed by atoms with Crippen molar-refractivity contribution in [2.45, 2.75) is 90.0 Å². The quantitative estimate of drug-likeness (QED) is 0.300. The van der Waals surface area contributed by atoms with Crippen LogP contribution in [0.5, 0.6) is 0 Å². The van der Waals surface area contributed by atoms with Crippen molar-refractivity contribution in [3.05, 3.63) is 71.8 Å². The largest absolute Gasteiger partial charge is 0.461 e. The van der Waals surface area contributed by atoms with Gasteiger partial charge in [0.25, 0.3) is 0 Å². The topological polar surface area (TPSA) is 141 Å². The van der Waals surface area contributed by atoms with Crippen LogP contribution in [0.15, 0.2) is 60.7 Å². The molecule has 0 N–H and O–H groups in total. The summed E-state index contributed by atoms with van der Waals surface area (Å²) in [5.74, 6) is -4.29. The van der Waals surface area contributed by atoms with Gasteiger partial charge in [0.2, 0.25) is 0 Å². The highest BCUT2D eigenvalue weighted by Crippen LogP contribution is 2.68. The molecule has 0 aromatic heterocycles. The van der Waals surface area contributed by atoms with Crippen molar-refractivity contribution in [1.82, 2.24) is 0 Å². The van der Waals surface area contributed by atoms with Gasteiger partial charge in [0.15, 0.2) is 6.10 Å². The maximum atomic E-state index is 13.8. The molecule has 8 unspecified atom stereocenters. The predicted octanol–water partition coefficient (Wildman–Crippen LogP) is 4.46. The first-order chi connectivity index (χ1) is 21.7. The van der Waals surface area contributed by atoms with Crippen LogP contribution in [-0.4, -0.2) is 72.1 Å². The first-order valence-electron chi connectivity index (χ1n) is 15.4. The normalized spacial score (nSPS) is 32.3. The monoisotopic (exact) mass is 636 g/mol.